The summed E-state index contributed by atoms with van der Waals surface area (Å²) >= 11 is 5.63. The summed E-state index contributed by atoms with van der Waals surface area (Å²) < 4.78 is 12.7. The van der Waals surface area contributed by atoms with E-state index in [1.165, 1.54) is 18.9 Å². The minimum Gasteiger partial charge on any atom is -0.206 e. The lowest BCUT2D eigenvalue weighted by Gasteiger charge is -1.97. The van der Waals surface area contributed by atoms with Gasteiger partial charge in [-0.1, -0.05) is 11.6 Å². The van der Waals surface area contributed by atoms with E-state index in [9.17, 15) is 4.39 Å². The van der Waals surface area contributed by atoms with E-state index in [0.29, 0.717) is 10.9 Å². The van der Waals surface area contributed by atoms with Gasteiger partial charge < -0.3 is 0 Å². The first kappa shape index (κ1) is 7.11. The highest BCUT2D eigenvalue weighted by Crippen LogP contribution is 2.40. The molecule has 0 heterocycles. The molecule has 57 valence electrons. The molecule has 0 atom stereocenters. The third kappa shape index (κ3) is 1.54. The summed E-state index contributed by atoms with van der Waals surface area (Å²) in [5.74, 6) is 0.205. The van der Waals surface area contributed by atoms with Gasteiger partial charge in [-0.15, -0.1) is 0 Å². The second-order valence-corrected chi connectivity index (χ2v) is 3.29. The third-order valence-corrected chi connectivity index (χ3v) is 2.08. The fourth-order valence-electron chi connectivity index (χ4n) is 1.17. The summed E-state index contributed by atoms with van der Waals surface area (Å²) in [6.07, 6.45) is 2.33. The quantitative estimate of drug-likeness (QED) is 0.606. The molecular formula is C9H7ClF. The molecule has 0 spiro atoms. The van der Waals surface area contributed by atoms with Crippen LogP contribution in [0, 0.1) is 11.9 Å². The Hall–Kier alpha value is -0.560. The Bertz CT molecular complexity index is 259. The first-order valence-corrected chi connectivity index (χ1v) is 4.02. The van der Waals surface area contributed by atoms with Gasteiger partial charge in [-0.3, -0.25) is 0 Å². The highest BCUT2D eigenvalue weighted by Gasteiger charge is 2.24. The van der Waals surface area contributed by atoms with Crippen LogP contribution in [0.5, 0.6) is 0 Å². The largest absolute Gasteiger partial charge is 0.206 e. The van der Waals surface area contributed by atoms with Crippen molar-refractivity contribution in [2.45, 2.75) is 18.8 Å². The average Bonchev–Trinajstić information content (AvgIpc) is 2.64. The molecule has 11 heavy (non-hydrogen) atoms. The zero-order valence-corrected chi connectivity index (χ0v) is 6.66. The van der Waals surface area contributed by atoms with Gasteiger partial charge in [-0.2, -0.15) is 0 Å². The fourth-order valence-corrected chi connectivity index (χ4v) is 1.39. The van der Waals surface area contributed by atoms with Gasteiger partial charge in [0.25, 0.3) is 0 Å². The Morgan fingerprint density at radius 1 is 1.45 bits per heavy atom. The molecule has 0 aromatic heterocycles. The Kier molecular flexibility index (Phi) is 1.61. The monoisotopic (exact) mass is 169 g/mol. The molecule has 1 saturated carbocycles. The molecule has 1 aliphatic rings. The summed E-state index contributed by atoms with van der Waals surface area (Å²) in [4.78, 5) is 0. The molecule has 0 N–H and O–H groups in total. The van der Waals surface area contributed by atoms with Crippen LogP contribution in [0.25, 0.3) is 0 Å². The number of halogens is 2. The average molecular weight is 170 g/mol. The predicted molar refractivity (Wildman–Crippen MR) is 42.2 cm³/mol. The Morgan fingerprint density at radius 2 is 2.18 bits per heavy atom. The van der Waals surface area contributed by atoms with Crippen molar-refractivity contribution in [2.24, 2.45) is 0 Å². The van der Waals surface area contributed by atoms with E-state index in [2.05, 4.69) is 6.07 Å². The molecule has 2 rings (SSSR count). The van der Waals surface area contributed by atoms with Gasteiger partial charge in [-0.25, -0.2) is 4.39 Å². The Morgan fingerprint density at radius 3 is 2.73 bits per heavy atom. The van der Waals surface area contributed by atoms with Gasteiger partial charge in [0.05, 0.1) is 5.02 Å². The minimum atomic E-state index is -0.348. The number of hydrogen-bond donors (Lipinski definition) is 0. The van der Waals surface area contributed by atoms with Crippen molar-refractivity contribution in [3.05, 3.63) is 34.6 Å². The second kappa shape index (κ2) is 2.49. The van der Waals surface area contributed by atoms with Gasteiger partial charge in [-0.05, 0) is 36.5 Å². The molecule has 0 amide bonds. The predicted octanol–water partition coefficient (Wildman–Crippen LogP) is 3.16. The van der Waals surface area contributed by atoms with Crippen LogP contribution in [0.4, 0.5) is 4.39 Å². The minimum absolute atomic E-state index is 0.348. The van der Waals surface area contributed by atoms with E-state index in [4.69, 9.17) is 11.6 Å². The van der Waals surface area contributed by atoms with Crippen molar-refractivity contribution in [3.63, 3.8) is 0 Å². The van der Waals surface area contributed by atoms with Crippen molar-refractivity contribution in [3.8, 4) is 0 Å². The summed E-state index contributed by atoms with van der Waals surface area (Å²) in [5.41, 5.74) is 1.02. The van der Waals surface area contributed by atoms with E-state index in [1.807, 2.05) is 0 Å². The van der Waals surface area contributed by atoms with Crippen molar-refractivity contribution < 1.29 is 4.39 Å². The van der Waals surface area contributed by atoms with Crippen molar-refractivity contribution in [1.82, 2.24) is 0 Å². The number of rotatable bonds is 1. The molecule has 0 nitrogen and oxygen atoms in total. The number of hydrogen-bond acceptors (Lipinski definition) is 0. The van der Waals surface area contributed by atoms with Gasteiger partial charge in [0, 0.05) is 6.07 Å². The molecule has 1 fully saturated rings. The van der Waals surface area contributed by atoms with E-state index in [0.717, 1.165) is 5.56 Å². The van der Waals surface area contributed by atoms with Gasteiger partial charge in [0.15, 0.2) is 0 Å². The molecule has 0 saturated heterocycles. The summed E-state index contributed by atoms with van der Waals surface area (Å²) in [5, 5.41) is 0.381. The van der Waals surface area contributed by atoms with Crippen LogP contribution in [0.3, 0.4) is 0 Å². The molecule has 0 aliphatic heterocycles. The van der Waals surface area contributed by atoms with Gasteiger partial charge in [0.1, 0.15) is 5.82 Å². The number of benzene rings is 1. The summed E-state index contributed by atoms with van der Waals surface area (Å²) in [6.45, 7) is 0. The van der Waals surface area contributed by atoms with Crippen molar-refractivity contribution >= 4 is 11.6 Å². The van der Waals surface area contributed by atoms with Gasteiger partial charge in [0.2, 0.25) is 0 Å². The zero-order valence-electron chi connectivity index (χ0n) is 5.90. The lowest BCUT2D eigenvalue weighted by Crippen LogP contribution is -1.82. The standard InChI is InChI=1S/C9H7ClF/c10-8-3-7(6-1-2-6)4-9(11)5-8/h3-4,6H,1-2H2. The van der Waals surface area contributed by atoms with Crippen LogP contribution < -0.4 is 0 Å². The highest BCUT2D eigenvalue weighted by atomic mass is 35.5. The lowest BCUT2D eigenvalue weighted by molar-refractivity contribution is 0.623. The first-order chi connectivity index (χ1) is 5.25. The van der Waals surface area contributed by atoms with Crippen molar-refractivity contribution in [2.75, 3.05) is 0 Å². The molecule has 2 heteroatoms. The first-order valence-electron chi connectivity index (χ1n) is 3.64. The molecule has 1 aliphatic carbocycles. The normalized spacial score (nSPS) is 16.9. The summed E-state index contributed by atoms with van der Waals surface area (Å²) in [7, 11) is 0. The van der Waals surface area contributed by atoms with E-state index in [-0.39, 0.29) is 5.82 Å². The molecular weight excluding hydrogens is 163 g/mol. The van der Waals surface area contributed by atoms with Crippen LogP contribution in [0.15, 0.2) is 12.1 Å². The van der Waals surface area contributed by atoms with Crippen LogP contribution in [0.1, 0.15) is 24.3 Å². The van der Waals surface area contributed by atoms with E-state index < -0.39 is 0 Å². The van der Waals surface area contributed by atoms with Crippen molar-refractivity contribution in [1.29, 1.82) is 0 Å². The molecule has 0 unspecified atom stereocenters. The smallest absolute Gasteiger partial charge is 0.132 e. The van der Waals surface area contributed by atoms with Crippen LogP contribution in [-0.2, 0) is 0 Å². The lowest BCUT2D eigenvalue weighted by atomic mass is 10.1. The maximum absolute atomic E-state index is 12.7. The SMILES string of the molecule is Fc1[c]c(Cl)cc(C2CC2)c1. The maximum Gasteiger partial charge on any atom is 0.132 e. The molecule has 0 bridgehead atoms. The Balaban J connectivity index is 2.39. The highest BCUT2D eigenvalue weighted by molar-refractivity contribution is 6.30. The van der Waals surface area contributed by atoms with Crippen LogP contribution in [-0.4, -0.2) is 0 Å². The zero-order chi connectivity index (χ0) is 7.84. The van der Waals surface area contributed by atoms with E-state index >= 15 is 0 Å². The topological polar surface area (TPSA) is 0 Å². The maximum atomic E-state index is 12.7. The van der Waals surface area contributed by atoms with E-state index in [1.54, 1.807) is 6.07 Å². The Labute approximate surface area is 70.0 Å². The third-order valence-electron chi connectivity index (χ3n) is 1.87. The molecule has 1 aromatic carbocycles. The van der Waals surface area contributed by atoms with Crippen LogP contribution >= 0.6 is 11.6 Å². The molecule has 1 aromatic rings. The summed E-state index contributed by atoms with van der Waals surface area (Å²) in [6, 6.07) is 5.70. The van der Waals surface area contributed by atoms with Crippen LogP contribution in [0.2, 0.25) is 5.02 Å². The fraction of sp³-hybridized carbons (Fsp3) is 0.333. The second-order valence-electron chi connectivity index (χ2n) is 2.88. The van der Waals surface area contributed by atoms with Gasteiger partial charge >= 0.3 is 0 Å². The molecule has 1 radical (unpaired) electrons.